The largest absolute Gasteiger partial charge is 0.457 e. The molecule has 0 aliphatic rings. The number of allylic oxidation sites excluding steroid dienone is 4. The Kier molecular flexibility index (Phi) is 31.1. The highest BCUT2D eigenvalue weighted by Gasteiger charge is 2.13. The number of aliphatic hydroxyl groups is 1. The summed E-state index contributed by atoms with van der Waals surface area (Å²) in [5, 5.41) is 9.50. The molecule has 38 heavy (non-hydrogen) atoms. The topological polar surface area (TPSA) is 55.8 Å². The Hall–Kier alpha value is -1.13. The van der Waals surface area contributed by atoms with E-state index in [-0.39, 0.29) is 12.6 Å². The van der Waals surface area contributed by atoms with Crippen LogP contribution in [0.5, 0.6) is 0 Å². The average molecular weight is 537 g/mol. The molecule has 1 atom stereocenters. The van der Waals surface area contributed by atoms with E-state index in [4.69, 9.17) is 9.47 Å². The molecular formula is C34H64O4. The molecule has 4 nitrogen and oxygen atoms in total. The van der Waals surface area contributed by atoms with Crippen molar-refractivity contribution >= 4 is 5.97 Å². The molecule has 0 bridgehead atoms. The quantitative estimate of drug-likeness (QED) is 0.0563. The molecule has 1 unspecified atom stereocenters. The molecule has 0 aliphatic carbocycles. The van der Waals surface area contributed by atoms with Gasteiger partial charge in [-0.3, -0.25) is 4.79 Å². The van der Waals surface area contributed by atoms with Gasteiger partial charge in [0.1, 0.15) is 6.10 Å². The highest BCUT2D eigenvalue weighted by atomic mass is 16.6. The molecule has 0 heterocycles. The fourth-order valence-corrected chi connectivity index (χ4v) is 4.53. The lowest BCUT2D eigenvalue weighted by Crippen LogP contribution is -2.27. The van der Waals surface area contributed by atoms with Gasteiger partial charge in [0.15, 0.2) is 0 Å². The predicted molar refractivity (Wildman–Crippen MR) is 164 cm³/mol. The number of aliphatic hydroxyl groups excluding tert-OH is 1. The number of rotatable bonds is 30. The summed E-state index contributed by atoms with van der Waals surface area (Å²) in [6.07, 6.45) is 36.3. The van der Waals surface area contributed by atoms with Crippen LogP contribution in [0.4, 0.5) is 0 Å². The van der Waals surface area contributed by atoms with Gasteiger partial charge >= 0.3 is 5.97 Å². The third kappa shape index (κ3) is 29.4. The number of carbonyl (C=O) groups excluding carboxylic acids is 1. The first-order chi connectivity index (χ1) is 18.7. The highest BCUT2D eigenvalue weighted by Crippen LogP contribution is 2.12. The highest BCUT2D eigenvalue weighted by molar-refractivity contribution is 5.69. The minimum atomic E-state index is -0.534. The second-order valence-electron chi connectivity index (χ2n) is 10.9. The van der Waals surface area contributed by atoms with Crippen LogP contribution in [0.1, 0.15) is 162 Å². The van der Waals surface area contributed by atoms with Crippen molar-refractivity contribution in [3.8, 4) is 0 Å². The number of unbranched alkanes of at least 4 members (excludes halogenated alkanes) is 18. The van der Waals surface area contributed by atoms with Crippen molar-refractivity contribution in [1.29, 1.82) is 0 Å². The van der Waals surface area contributed by atoms with E-state index in [1.54, 1.807) is 0 Å². The summed E-state index contributed by atoms with van der Waals surface area (Å²) in [6, 6.07) is 0. The third-order valence-electron chi connectivity index (χ3n) is 7.03. The van der Waals surface area contributed by atoms with Crippen LogP contribution in [0.15, 0.2) is 24.3 Å². The van der Waals surface area contributed by atoms with Gasteiger partial charge in [-0.15, -0.1) is 0 Å². The molecular weight excluding hydrogens is 472 g/mol. The van der Waals surface area contributed by atoms with Crippen molar-refractivity contribution < 1.29 is 19.4 Å². The summed E-state index contributed by atoms with van der Waals surface area (Å²) in [5.74, 6) is -0.215. The van der Waals surface area contributed by atoms with E-state index in [0.29, 0.717) is 19.6 Å². The molecule has 4 heteroatoms. The lowest BCUT2D eigenvalue weighted by molar-refractivity contribution is -0.154. The molecule has 0 aromatic heterocycles. The summed E-state index contributed by atoms with van der Waals surface area (Å²) >= 11 is 0. The minimum Gasteiger partial charge on any atom is -0.457 e. The Labute approximate surface area is 237 Å². The van der Waals surface area contributed by atoms with Crippen LogP contribution in [0.25, 0.3) is 0 Å². The smallest absolute Gasteiger partial charge is 0.306 e. The molecule has 0 aromatic carbocycles. The van der Waals surface area contributed by atoms with E-state index in [9.17, 15) is 9.90 Å². The molecule has 224 valence electrons. The van der Waals surface area contributed by atoms with Gasteiger partial charge in [0, 0.05) is 13.0 Å². The van der Waals surface area contributed by atoms with E-state index in [1.165, 1.54) is 103 Å². The predicted octanol–water partition coefficient (Wildman–Crippen LogP) is 10.0. The van der Waals surface area contributed by atoms with Gasteiger partial charge in [0.25, 0.3) is 0 Å². The SMILES string of the molecule is CCCCC/C=C\C/C=C\CCCCCCCC(=O)OC(CO)COCCCCCCCCCCCCC. The minimum absolute atomic E-state index is 0.174. The van der Waals surface area contributed by atoms with E-state index in [2.05, 4.69) is 38.2 Å². The Bertz CT molecular complexity index is 529. The lowest BCUT2D eigenvalue weighted by atomic mass is 10.1. The van der Waals surface area contributed by atoms with Crippen LogP contribution in [0.2, 0.25) is 0 Å². The van der Waals surface area contributed by atoms with Gasteiger partial charge in [-0.25, -0.2) is 0 Å². The zero-order chi connectivity index (χ0) is 27.8. The number of ether oxygens (including phenoxy) is 2. The Morgan fingerprint density at radius 2 is 1.11 bits per heavy atom. The number of hydrogen-bond donors (Lipinski definition) is 1. The van der Waals surface area contributed by atoms with E-state index >= 15 is 0 Å². The summed E-state index contributed by atoms with van der Waals surface area (Å²) in [6.45, 7) is 5.30. The Morgan fingerprint density at radius 3 is 1.68 bits per heavy atom. The van der Waals surface area contributed by atoms with Crippen LogP contribution in [-0.2, 0) is 14.3 Å². The molecule has 0 fully saturated rings. The van der Waals surface area contributed by atoms with Crippen molar-refractivity contribution in [2.75, 3.05) is 19.8 Å². The van der Waals surface area contributed by atoms with Crippen molar-refractivity contribution in [3.63, 3.8) is 0 Å². The first-order valence-corrected chi connectivity index (χ1v) is 16.4. The lowest BCUT2D eigenvalue weighted by Gasteiger charge is -2.15. The zero-order valence-electron chi connectivity index (χ0n) is 25.4. The fourth-order valence-electron chi connectivity index (χ4n) is 4.53. The van der Waals surface area contributed by atoms with Gasteiger partial charge in [0.2, 0.25) is 0 Å². The van der Waals surface area contributed by atoms with Gasteiger partial charge in [-0.1, -0.05) is 134 Å². The van der Waals surface area contributed by atoms with E-state index < -0.39 is 6.10 Å². The first-order valence-electron chi connectivity index (χ1n) is 16.4. The molecule has 0 amide bonds. The second-order valence-corrected chi connectivity index (χ2v) is 10.9. The second kappa shape index (κ2) is 32.1. The molecule has 0 rings (SSSR count). The Balaban J connectivity index is 3.48. The van der Waals surface area contributed by atoms with Crippen LogP contribution >= 0.6 is 0 Å². The monoisotopic (exact) mass is 536 g/mol. The molecule has 0 aliphatic heterocycles. The third-order valence-corrected chi connectivity index (χ3v) is 7.03. The average Bonchev–Trinajstić information content (AvgIpc) is 2.92. The van der Waals surface area contributed by atoms with Gasteiger partial charge in [-0.2, -0.15) is 0 Å². The van der Waals surface area contributed by atoms with Crippen molar-refractivity contribution in [1.82, 2.24) is 0 Å². The Morgan fingerprint density at radius 1 is 0.632 bits per heavy atom. The summed E-state index contributed by atoms with van der Waals surface area (Å²) in [4.78, 5) is 12.1. The van der Waals surface area contributed by atoms with E-state index in [1.807, 2.05) is 0 Å². The summed E-state index contributed by atoms with van der Waals surface area (Å²) in [7, 11) is 0. The summed E-state index contributed by atoms with van der Waals surface area (Å²) in [5.41, 5.74) is 0. The number of esters is 1. The standard InChI is InChI=1S/C34H64O4/c1-3-5-7-9-11-13-15-16-17-18-19-21-23-25-27-29-34(36)38-33(31-35)32-37-30-28-26-24-22-20-14-12-10-8-6-4-2/h11,13,16-17,33,35H,3-10,12,14-15,18-32H2,1-2H3/b13-11-,17-16-. The maximum atomic E-state index is 12.1. The maximum absolute atomic E-state index is 12.1. The van der Waals surface area contributed by atoms with Crippen LogP contribution in [0.3, 0.4) is 0 Å². The van der Waals surface area contributed by atoms with E-state index in [0.717, 1.165) is 38.5 Å². The van der Waals surface area contributed by atoms with Gasteiger partial charge in [0.05, 0.1) is 13.2 Å². The van der Waals surface area contributed by atoms with Crippen LogP contribution < -0.4 is 0 Å². The molecule has 0 spiro atoms. The molecule has 0 radical (unpaired) electrons. The van der Waals surface area contributed by atoms with Crippen molar-refractivity contribution in [2.24, 2.45) is 0 Å². The maximum Gasteiger partial charge on any atom is 0.306 e. The zero-order valence-corrected chi connectivity index (χ0v) is 25.4. The van der Waals surface area contributed by atoms with Crippen LogP contribution in [0, 0.1) is 0 Å². The van der Waals surface area contributed by atoms with Crippen LogP contribution in [-0.4, -0.2) is 37.0 Å². The van der Waals surface area contributed by atoms with Gasteiger partial charge < -0.3 is 14.6 Å². The summed E-state index contributed by atoms with van der Waals surface area (Å²) < 4.78 is 11.1. The number of carbonyl (C=O) groups is 1. The molecule has 0 saturated carbocycles. The van der Waals surface area contributed by atoms with Crippen molar-refractivity contribution in [3.05, 3.63) is 24.3 Å². The normalized spacial score (nSPS) is 12.6. The molecule has 1 N–H and O–H groups in total. The first kappa shape index (κ1) is 36.9. The number of hydrogen-bond acceptors (Lipinski definition) is 4. The molecule has 0 saturated heterocycles. The van der Waals surface area contributed by atoms with Crippen molar-refractivity contribution in [2.45, 2.75) is 168 Å². The van der Waals surface area contributed by atoms with Gasteiger partial charge in [-0.05, 0) is 44.9 Å². The fraction of sp³-hybridized carbons (Fsp3) is 0.853. The molecule has 0 aromatic rings.